The van der Waals surface area contributed by atoms with Crippen LogP contribution < -0.4 is 5.32 Å². The number of aliphatic hydroxyl groups excluding tert-OH is 1. The molecule has 2 N–H and O–H groups in total. The van der Waals surface area contributed by atoms with Gasteiger partial charge in [0.2, 0.25) is 0 Å². The molecule has 1 atom stereocenters. The molecule has 2 nitrogen and oxygen atoms in total. The van der Waals surface area contributed by atoms with Gasteiger partial charge >= 0.3 is 0 Å². The Morgan fingerprint density at radius 1 is 1.11 bits per heavy atom. The molecule has 0 saturated heterocycles. The molecule has 0 amide bonds. The summed E-state index contributed by atoms with van der Waals surface area (Å²) in [7, 11) is 0. The SMILES string of the molecule is CC(C)C(O)CCNCc1cc(F)c(F)cc1F. The maximum absolute atomic E-state index is 13.2. The summed E-state index contributed by atoms with van der Waals surface area (Å²) in [6, 6.07) is 1.38. The van der Waals surface area contributed by atoms with Crippen LogP contribution in [0.2, 0.25) is 0 Å². The molecule has 0 radical (unpaired) electrons. The van der Waals surface area contributed by atoms with Crippen molar-refractivity contribution < 1.29 is 18.3 Å². The van der Waals surface area contributed by atoms with E-state index in [1.807, 2.05) is 13.8 Å². The lowest BCUT2D eigenvalue weighted by Crippen LogP contribution is -2.23. The van der Waals surface area contributed by atoms with Crippen LogP contribution in [-0.2, 0) is 6.54 Å². The van der Waals surface area contributed by atoms with Crippen LogP contribution in [0, 0.1) is 23.4 Å². The number of rotatable bonds is 6. The molecule has 5 heteroatoms. The second kappa shape index (κ2) is 6.75. The van der Waals surface area contributed by atoms with E-state index in [4.69, 9.17) is 0 Å². The Labute approximate surface area is 105 Å². The highest BCUT2D eigenvalue weighted by atomic mass is 19.2. The first-order valence-electron chi connectivity index (χ1n) is 5.94. The van der Waals surface area contributed by atoms with Crippen molar-refractivity contribution >= 4 is 0 Å². The van der Waals surface area contributed by atoms with Gasteiger partial charge in [0.15, 0.2) is 11.6 Å². The Morgan fingerprint density at radius 2 is 1.72 bits per heavy atom. The molecule has 0 saturated carbocycles. The summed E-state index contributed by atoms with van der Waals surface area (Å²) >= 11 is 0. The van der Waals surface area contributed by atoms with E-state index in [9.17, 15) is 18.3 Å². The molecule has 0 heterocycles. The first-order valence-corrected chi connectivity index (χ1v) is 5.94. The smallest absolute Gasteiger partial charge is 0.161 e. The maximum atomic E-state index is 13.2. The Bertz CT molecular complexity index is 396. The van der Waals surface area contributed by atoms with Crippen LogP contribution in [0.3, 0.4) is 0 Å². The lowest BCUT2D eigenvalue weighted by Gasteiger charge is -2.14. The molecule has 18 heavy (non-hydrogen) atoms. The van der Waals surface area contributed by atoms with Crippen LogP contribution in [0.5, 0.6) is 0 Å². The van der Waals surface area contributed by atoms with Crippen molar-refractivity contribution in [3.63, 3.8) is 0 Å². The average Bonchev–Trinajstić information content (AvgIpc) is 2.30. The van der Waals surface area contributed by atoms with Crippen molar-refractivity contribution in [2.45, 2.75) is 32.9 Å². The van der Waals surface area contributed by atoms with Gasteiger partial charge in [0.25, 0.3) is 0 Å². The van der Waals surface area contributed by atoms with Crippen molar-refractivity contribution in [3.05, 3.63) is 35.1 Å². The molecule has 0 aromatic heterocycles. The van der Waals surface area contributed by atoms with Crippen molar-refractivity contribution in [1.29, 1.82) is 0 Å². The van der Waals surface area contributed by atoms with Crippen LogP contribution in [0.1, 0.15) is 25.8 Å². The van der Waals surface area contributed by atoms with Gasteiger partial charge in [-0.1, -0.05) is 13.8 Å². The second-order valence-corrected chi connectivity index (χ2v) is 4.63. The number of hydrogen-bond donors (Lipinski definition) is 2. The summed E-state index contributed by atoms with van der Waals surface area (Å²) < 4.78 is 38.8. The van der Waals surface area contributed by atoms with Crippen molar-refractivity contribution in [2.75, 3.05) is 6.54 Å². The van der Waals surface area contributed by atoms with Crippen LogP contribution in [-0.4, -0.2) is 17.8 Å². The summed E-state index contributed by atoms with van der Waals surface area (Å²) in [4.78, 5) is 0. The zero-order valence-corrected chi connectivity index (χ0v) is 10.5. The zero-order chi connectivity index (χ0) is 13.7. The van der Waals surface area contributed by atoms with Gasteiger partial charge < -0.3 is 10.4 Å². The molecule has 0 bridgehead atoms. The molecule has 0 aliphatic rings. The molecule has 1 unspecified atom stereocenters. The van der Waals surface area contributed by atoms with Gasteiger partial charge in [-0.2, -0.15) is 0 Å². The topological polar surface area (TPSA) is 32.3 Å². The Kier molecular flexibility index (Phi) is 5.62. The van der Waals surface area contributed by atoms with Crippen LogP contribution in [0.15, 0.2) is 12.1 Å². The van der Waals surface area contributed by atoms with Gasteiger partial charge in [0, 0.05) is 18.2 Å². The Morgan fingerprint density at radius 3 is 2.33 bits per heavy atom. The fraction of sp³-hybridized carbons (Fsp3) is 0.538. The van der Waals surface area contributed by atoms with E-state index in [1.165, 1.54) is 0 Å². The fourth-order valence-electron chi connectivity index (χ4n) is 1.51. The van der Waals surface area contributed by atoms with Gasteiger partial charge in [0.1, 0.15) is 5.82 Å². The summed E-state index contributed by atoms with van der Waals surface area (Å²) in [5.41, 5.74) is 0.0768. The zero-order valence-electron chi connectivity index (χ0n) is 10.5. The van der Waals surface area contributed by atoms with E-state index < -0.39 is 23.6 Å². The number of benzene rings is 1. The van der Waals surface area contributed by atoms with Gasteiger partial charge in [-0.3, -0.25) is 0 Å². The van der Waals surface area contributed by atoms with Gasteiger partial charge in [-0.15, -0.1) is 0 Å². The Hall–Kier alpha value is -1.07. The average molecular weight is 261 g/mol. The molecule has 1 aromatic carbocycles. The van der Waals surface area contributed by atoms with Crippen LogP contribution >= 0.6 is 0 Å². The maximum Gasteiger partial charge on any atom is 0.161 e. The molecule has 0 fully saturated rings. The normalized spacial score (nSPS) is 13.1. The first kappa shape index (κ1) is 15.0. The lowest BCUT2D eigenvalue weighted by atomic mass is 10.0. The van der Waals surface area contributed by atoms with Crippen LogP contribution in [0.25, 0.3) is 0 Å². The van der Waals surface area contributed by atoms with E-state index in [2.05, 4.69) is 5.32 Å². The quantitative estimate of drug-likeness (QED) is 0.609. The fourth-order valence-corrected chi connectivity index (χ4v) is 1.51. The molecule has 0 spiro atoms. The minimum atomic E-state index is -1.19. The third-order valence-electron chi connectivity index (χ3n) is 2.79. The monoisotopic (exact) mass is 261 g/mol. The Balaban J connectivity index is 2.42. The predicted octanol–water partition coefficient (Wildman–Crippen LogP) is 2.60. The van der Waals surface area contributed by atoms with Crippen molar-refractivity contribution in [3.8, 4) is 0 Å². The third kappa shape index (κ3) is 4.31. The van der Waals surface area contributed by atoms with Crippen molar-refractivity contribution in [2.24, 2.45) is 5.92 Å². The largest absolute Gasteiger partial charge is 0.393 e. The summed E-state index contributed by atoms with van der Waals surface area (Å²) in [6.07, 6.45) is 0.107. The highest BCUT2D eigenvalue weighted by Crippen LogP contribution is 2.13. The predicted molar refractivity (Wildman–Crippen MR) is 63.5 cm³/mol. The number of nitrogens with one attached hydrogen (secondary N) is 1. The number of aliphatic hydroxyl groups is 1. The molecule has 0 aliphatic carbocycles. The highest BCUT2D eigenvalue weighted by molar-refractivity contribution is 5.19. The third-order valence-corrected chi connectivity index (χ3v) is 2.79. The minimum Gasteiger partial charge on any atom is -0.393 e. The van der Waals surface area contributed by atoms with Gasteiger partial charge in [0.05, 0.1) is 6.10 Å². The van der Waals surface area contributed by atoms with Crippen LogP contribution in [0.4, 0.5) is 13.2 Å². The van der Waals surface area contributed by atoms with E-state index >= 15 is 0 Å². The number of hydrogen-bond acceptors (Lipinski definition) is 2. The summed E-state index contributed by atoms with van der Waals surface area (Å²) in [5.74, 6) is -2.86. The van der Waals surface area contributed by atoms with Crippen molar-refractivity contribution in [1.82, 2.24) is 5.32 Å². The molecular formula is C13H18F3NO. The van der Waals surface area contributed by atoms with E-state index in [1.54, 1.807) is 0 Å². The highest BCUT2D eigenvalue weighted by Gasteiger charge is 2.11. The second-order valence-electron chi connectivity index (χ2n) is 4.63. The molecule has 0 aliphatic heterocycles. The molecule has 1 aromatic rings. The standard InChI is InChI=1S/C13H18F3NO/c1-8(2)13(18)3-4-17-7-9-5-11(15)12(16)6-10(9)14/h5-6,8,13,17-18H,3-4,7H2,1-2H3. The van der Waals surface area contributed by atoms with E-state index in [0.717, 1.165) is 6.07 Å². The summed E-state index contributed by atoms with van der Waals surface area (Å²) in [6.45, 7) is 4.39. The lowest BCUT2D eigenvalue weighted by molar-refractivity contribution is 0.116. The van der Waals surface area contributed by atoms with Gasteiger partial charge in [-0.25, -0.2) is 13.2 Å². The first-order chi connectivity index (χ1) is 8.41. The summed E-state index contributed by atoms with van der Waals surface area (Å²) in [5, 5.41) is 12.4. The minimum absolute atomic E-state index is 0.0768. The molecular weight excluding hydrogens is 243 g/mol. The molecule has 1 rings (SSSR count). The van der Waals surface area contributed by atoms with E-state index in [-0.39, 0.29) is 18.0 Å². The van der Waals surface area contributed by atoms with E-state index in [0.29, 0.717) is 19.0 Å². The molecule has 102 valence electrons. The van der Waals surface area contributed by atoms with Gasteiger partial charge in [-0.05, 0) is 24.9 Å². The number of halogens is 3.